The molecule has 3 rings (SSSR count). The van der Waals surface area contributed by atoms with Gasteiger partial charge in [0.05, 0.1) is 10.6 Å². The predicted molar refractivity (Wildman–Crippen MR) is 101 cm³/mol. The third kappa shape index (κ3) is 5.02. The normalized spacial score (nSPS) is 10.1. The van der Waals surface area contributed by atoms with E-state index in [1.54, 1.807) is 24.5 Å². The van der Waals surface area contributed by atoms with Crippen LogP contribution in [0.1, 0.15) is 26.4 Å². The zero-order valence-corrected chi connectivity index (χ0v) is 15.6. The van der Waals surface area contributed by atoms with Crippen LogP contribution in [0.4, 0.5) is 14.6 Å². The molecule has 3 aromatic rings. The number of pyridine rings is 1. The molecular weight excluding hydrogens is 415 g/mol. The Bertz CT molecular complexity index is 998. The average molecular weight is 428 g/mol. The highest BCUT2D eigenvalue weighted by Crippen LogP contribution is 2.21. The summed E-state index contributed by atoms with van der Waals surface area (Å²) in [7, 11) is 0. The van der Waals surface area contributed by atoms with E-state index in [1.807, 2.05) is 0 Å². The molecule has 0 fully saturated rings. The van der Waals surface area contributed by atoms with Gasteiger partial charge in [-0.3, -0.25) is 19.7 Å². The van der Waals surface area contributed by atoms with E-state index in [-0.39, 0.29) is 41.0 Å². The number of H-pyrrole nitrogens is 1. The maximum Gasteiger partial charge on any atom is 0.269 e. The number of benzene rings is 1. The first-order chi connectivity index (χ1) is 12.9. The SMILES string of the molecule is Cl.O=C(NCc1cccnc1)c1cc(NC(=O)c2cc(F)c(F)cc2Cl)n[nH]1. The van der Waals surface area contributed by atoms with Gasteiger partial charge in [0.15, 0.2) is 17.5 Å². The molecule has 0 saturated heterocycles. The van der Waals surface area contributed by atoms with E-state index in [0.717, 1.165) is 5.56 Å². The van der Waals surface area contributed by atoms with Gasteiger partial charge in [0, 0.05) is 25.0 Å². The van der Waals surface area contributed by atoms with Crippen LogP contribution in [0.2, 0.25) is 5.02 Å². The first kappa shape index (κ1) is 21.3. The van der Waals surface area contributed by atoms with Crippen molar-refractivity contribution >= 4 is 41.6 Å². The van der Waals surface area contributed by atoms with Gasteiger partial charge in [-0.2, -0.15) is 5.10 Å². The molecule has 11 heteroatoms. The Morgan fingerprint density at radius 3 is 2.61 bits per heavy atom. The van der Waals surface area contributed by atoms with Crippen LogP contribution >= 0.6 is 24.0 Å². The average Bonchev–Trinajstić information content (AvgIpc) is 3.12. The number of halogens is 4. The molecular formula is C17H13Cl2F2N5O2. The van der Waals surface area contributed by atoms with Crippen molar-refractivity contribution in [1.82, 2.24) is 20.5 Å². The second kappa shape index (κ2) is 9.25. The summed E-state index contributed by atoms with van der Waals surface area (Å²) in [6.07, 6.45) is 3.23. The fourth-order valence-corrected chi connectivity index (χ4v) is 2.40. The highest BCUT2D eigenvalue weighted by molar-refractivity contribution is 6.34. The standard InChI is InChI=1S/C17H12ClF2N5O2.ClH/c18-11-5-13(20)12(19)4-10(11)16(26)23-15-6-14(24-25-15)17(27)22-8-9-2-1-3-21-7-9;/h1-7H,8H2,(H,22,27)(H2,23,24,25,26);1H. The number of anilines is 1. The number of aromatic amines is 1. The van der Waals surface area contributed by atoms with Crippen molar-refractivity contribution in [3.8, 4) is 0 Å². The number of nitrogens with one attached hydrogen (secondary N) is 3. The van der Waals surface area contributed by atoms with Gasteiger partial charge in [-0.1, -0.05) is 17.7 Å². The number of rotatable bonds is 5. The summed E-state index contributed by atoms with van der Waals surface area (Å²) >= 11 is 5.75. The van der Waals surface area contributed by atoms with Crippen LogP contribution in [0.5, 0.6) is 0 Å². The molecule has 0 bridgehead atoms. The van der Waals surface area contributed by atoms with Crippen LogP contribution in [0.3, 0.4) is 0 Å². The second-order valence-electron chi connectivity index (χ2n) is 5.41. The number of nitrogens with zero attached hydrogens (tertiary/aromatic N) is 2. The van der Waals surface area contributed by atoms with Gasteiger partial charge in [0.1, 0.15) is 5.69 Å². The highest BCUT2D eigenvalue weighted by Gasteiger charge is 2.17. The summed E-state index contributed by atoms with van der Waals surface area (Å²) in [4.78, 5) is 28.2. The lowest BCUT2D eigenvalue weighted by Crippen LogP contribution is -2.23. The topological polar surface area (TPSA) is 99.8 Å². The second-order valence-corrected chi connectivity index (χ2v) is 5.82. The summed E-state index contributed by atoms with van der Waals surface area (Å²) in [6, 6.07) is 6.23. The maximum atomic E-state index is 13.3. The number of hydrogen-bond donors (Lipinski definition) is 3. The van der Waals surface area contributed by atoms with Crippen molar-refractivity contribution < 1.29 is 18.4 Å². The zero-order valence-electron chi connectivity index (χ0n) is 14.0. The maximum absolute atomic E-state index is 13.3. The first-order valence-corrected chi connectivity index (χ1v) is 8.00. The van der Waals surface area contributed by atoms with Crippen LogP contribution in [0.15, 0.2) is 42.7 Å². The Hall–Kier alpha value is -3.04. The Kier molecular flexibility index (Phi) is 7.02. The molecule has 2 amide bonds. The van der Waals surface area contributed by atoms with E-state index in [4.69, 9.17) is 11.6 Å². The molecule has 1 aromatic carbocycles. The monoisotopic (exact) mass is 427 g/mol. The lowest BCUT2D eigenvalue weighted by Gasteiger charge is -2.05. The van der Waals surface area contributed by atoms with E-state index >= 15 is 0 Å². The van der Waals surface area contributed by atoms with Gasteiger partial charge >= 0.3 is 0 Å². The molecule has 0 spiro atoms. The van der Waals surface area contributed by atoms with Crippen LogP contribution < -0.4 is 10.6 Å². The molecule has 0 saturated carbocycles. The summed E-state index contributed by atoms with van der Waals surface area (Å²) in [5.74, 6) is -3.59. The number of carbonyl (C=O) groups excluding carboxylic acids is 2. The number of hydrogen-bond acceptors (Lipinski definition) is 4. The van der Waals surface area contributed by atoms with Crippen molar-refractivity contribution in [1.29, 1.82) is 0 Å². The van der Waals surface area contributed by atoms with Crippen molar-refractivity contribution in [2.45, 2.75) is 6.54 Å². The number of amides is 2. The van der Waals surface area contributed by atoms with E-state index in [1.165, 1.54) is 6.07 Å². The molecule has 28 heavy (non-hydrogen) atoms. The quantitative estimate of drug-likeness (QED) is 0.543. The van der Waals surface area contributed by atoms with Crippen LogP contribution in [-0.2, 0) is 6.54 Å². The molecule has 3 N–H and O–H groups in total. The van der Waals surface area contributed by atoms with Crippen molar-refractivity contribution in [2.75, 3.05) is 5.32 Å². The number of aromatic nitrogens is 3. The zero-order chi connectivity index (χ0) is 19.4. The van der Waals surface area contributed by atoms with E-state index in [0.29, 0.717) is 12.1 Å². The van der Waals surface area contributed by atoms with Gasteiger partial charge in [0.2, 0.25) is 0 Å². The van der Waals surface area contributed by atoms with Crippen molar-refractivity contribution in [3.63, 3.8) is 0 Å². The van der Waals surface area contributed by atoms with E-state index in [9.17, 15) is 18.4 Å². The van der Waals surface area contributed by atoms with Gasteiger partial charge in [-0.25, -0.2) is 8.78 Å². The molecule has 2 heterocycles. The van der Waals surface area contributed by atoms with E-state index in [2.05, 4.69) is 25.8 Å². The Balaban J connectivity index is 0.00000280. The fourth-order valence-electron chi connectivity index (χ4n) is 2.16. The van der Waals surface area contributed by atoms with Gasteiger partial charge in [-0.05, 0) is 23.8 Å². The minimum Gasteiger partial charge on any atom is -0.347 e. The molecule has 146 valence electrons. The van der Waals surface area contributed by atoms with Crippen LogP contribution in [0, 0.1) is 11.6 Å². The molecule has 0 atom stereocenters. The molecule has 2 aromatic heterocycles. The lowest BCUT2D eigenvalue weighted by atomic mass is 10.2. The van der Waals surface area contributed by atoms with E-state index < -0.39 is 23.4 Å². The van der Waals surface area contributed by atoms with Crippen molar-refractivity contribution in [2.24, 2.45) is 0 Å². The molecule has 0 unspecified atom stereocenters. The Morgan fingerprint density at radius 2 is 1.89 bits per heavy atom. The third-order valence-electron chi connectivity index (χ3n) is 3.49. The summed E-state index contributed by atoms with van der Waals surface area (Å²) in [6.45, 7) is 0.262. The molecule has 0 aliphatic carbocycles. The van der Waals surface area contributed by atoms with Gasteiger partial charge in [0.25, 0.3) is 11.8 Å². The minimum atomic E-state index is -1.21. The summed E-state index contributed by atoms with van der Waals surface area (Å²) < 4.78 is 26.4. The molecule has 0 aliphatic heterocycles. The summed E-state index contributed by atoms with van der Waals surface area (Å²) in [5.41, 5.74) is 0.651. The summed E-state index contributed by atoms with van der Waals surface area (Å²) in [5, 5.41) is 11.0. The third-order valence-corrected chi connectivity index (χ3v) is 3.81. The van der Waals surface area contributed by atoms with Crippen LogP contribution in [0.25, 0.3) is 0 Å². The van der Waals surface area contributed by atoms with Gasteiger partial charge in [-0.15, -0.1) is 12.4 Å². The number of carbonyl (C=O) groups is 2. The molecule has 0 aliphatic rings. The largest absolute Gasteiger partial charge is 0.347 e. The smallest absolute Gasteiger partial charge is 0.269 e. The Morgan fingerprint density at radius 1 is 1.14 bits per heavy atom. The predicted octanol–water partition coefficient (Wildman–Crippen LogP) is 3.34. The highest BCUT2D eigenvalue weighted by atomic mass is 35.5. The Labute approximate surface area is 168 Å². The first-order valence-electron chi connectivity index (χ1n) is 7.62. The van der Waals surface area contributed by atoms with Crippen molar-refractivity contribution in [3.05, 3.63) is 76.2 Å². The van der Waals surface area contributed by atoms with Crippen LogP contribution in [-0.4, -0.2) is 27.0 Å². The molecule has 0 radical (unpaired) electrons. The molecule has 7 nitrogen and oxygen atoms in total. The van der Waals surface area contributed by atoms with Gasteiger partial charge < -0.3 is 10.6 Å². The minimum absolute atomic E-state index is 0. The lowest BCUT2D eigenvalue weighted by molar-refractivity contribution is 0.0945. The fraction of sp³-hybridized carbons (Fsp3) is 0.0588.